The highest BCUT2D eigenvalue weighted by molar-refractivity contribution is 7.99. The second-order valence-electron chi connectivity index (χ2n) is 9.47. The molecule has 3 heterocycles. The summed E-state index contributed by atoms with van der Waals surface area (Å²) in [4.78, 5) is 40.8. The summed E-state index contributed by atoms with van der Waals surface area (Å²) >= 11 is 1.50. The van der Waals surface area contributed by atoms with E-state index in [-0.39, 0.29) is 35.5 Å². The van der Waals surface area contributed by atoms with E-state index < -0.39 is 24.1 Å². The average molecular weight is 573 g/mol. The molecule has 2 aliphatic heterocycles. The van der Waals surface area contributed by atoms with Crippen LogP contribution in [-0.2, 0) is 20.8 Å². The lowest BCUT2D eigenvalue weighted by Gasteiger charge is -2.36. The number of ether oxygens (including phenoxy) is 3. The van der Waals surface area contributed by atoms with Gasteiger partial charge in [0, 0.05) is 29.0 Å². The van der Waals surface area contributed by atoms with E-state index in [1.807, 2.05) is 30.3 Å². The van der Waals surface area contributed by atoms with Crippen molar-refractivity contribution in [3.63, 3.8) is 0 Å². The largest absolute Gasteiger partial charge is 0.392 e. The van der Waals surface area contributed by atoms with Gasteiger partial charge in [0.05, 0.1) is 29.9 Å². The van der Waals surface area contributed by atoms with Crippen LogP contribution in [0.25, 0.3) is 0 Å². The summed E-state index contributed by atoms with van der Waals surface area (Å²) in [5, 5.41) is 19.7. The first-order valence-corrected chi connectivity index (χ1v) is 13.8. The van der Waals surface area contributed by atoms with Gasteiger partial charge in [0.1, 0.15) is 6.33 Å². The lowest BCUT2D eigenvalue weighted by Crippen LogP contribution is -2.31. The minimum atomic E-state index is -0.773. The van der Waals surface area contributed by atoms with E-state index in [9.17, 15) is 19.5 Å². The fourth-order valence-corrected chi connectivity index (χ4v) is 5.45. The van der Waals surface area contributed by atoms with E-state index in [0.29, 0.717) is 28.6 Å². The molecule has 0 radical (unpaired) electrons. The number of hydrogen-bond donors (Lipinski definition) is 3. The lowest BCUT2D eigenvalue weighted by atomic mass is 10.0. The topological polar surface area (TPSA) is 153 Å². The van der Waals surface area contributed by atoms with Gasteiger partial charge in [-0.2, -0.15) is 5.10 Å². The molecule has 41 heavy (non-hydrogen) atoms. The quantitative estimate of drug-likeness (QED) is 0.159. The molecule has 12 heteroatoms. The normalized spacial score (nSPS) is 20.0. The Morgan fingerprint density at radius 2 is 1.83 bits per heavy atom. The van der Waals surface area contributed by atoms with Crippen molar-refractivity contribution in [1.82, 2.24) is 15.2 Å². The highest BCUT2D eigenvalue weighted by Gasteiger charge is 2.33. The van der Waals surface area contributed by atoms with Crippen LogP contribution < -0.4 is 5.32 Å². The van der Waals surface area contributed by atoms with E-state index in [2.05, 4.69) is 25.2 Å². The lowest BCUT2D eigenvalue weighted by molar-refractivity contribution is -0.245. The third-order valence-electron chi connectivity index (χ3n) is 6.74. The monoisotopic (exact) mass is 572 g/mol. The summed E-state index contributed by atoms with van der Waals surface area (Å²) < 4.78 is 17.3. The number of aromatic amines is 1. The Bertz CT molecular complexity index is 1590. The number of benzene rings is 3. The number of aliphatic hydroxyl groups is 1. The number of thioether (sulfide) groups is 1. The summed E-state index contributed by atoms with van der Waals surface area (Å²) in [5.74, 6) is -1.34. The van der Waals surface area contributed by atoms with Crippen LogP contribution in [-0.4, -0.2) is 50.0 Å². The number of hydrogen-bond acceptors (Lipinski definition) is 10. The van der Waals surface area contributed by atoms with Crippen LogP contribution in [0, 0.1) is 0 Å². The van der Waals surface area contributed by atoms with E-state index in [1.54, 1.807) is 18.2 Å². The Hall–Kier alpha value is -4.36. The predicted molar refractivity (Wildman–Crippen MR) is 146 cm³/mol. The van der Waals surface area contributed by atoms with Gasteiger partial charge < -0.3 is 24.6 Å². The first-order valence-electron chi connectivity index (χ1n) is 12.8. The summed E-state index contributed by atoms with van der Waals surface area (Å²) in [6.07, 6.45) is 0.891. The second-order valence-corrected chi connectivity index (χ2v) is 10.5. The summed E-state index contributed by atoms with van der Waals surface area (Å²) in [6.45, 7) is -0.0415. The third-order valence-corrected chi connectivity index (χ3v) is 7.75. The highest BCUT2D eigenvalue weighted by Crippen LogP contribution is 2.39. The zero-order chi connectivity index (χ0) is 28.3. The Kier molecular flexibility index (Phi) is 7.61. The van der Waals surface area contributed by atoms with Gasteiger partial charge in [-0.05, 0) is 41.5 Å². The Balaban J connectivity index is 1.20. The van der Waals surface area contributed by atoms with Crippen LogP contribution in [0.15, 0.2) is 78.2 Å². The molecule has 208 valence electrons. The number of amides is 1. The van der Waals surface area contributed by atoms with Crippen molar-refractivity contribution in [2.45, 2.75) is 36.7 Å². The van der Waals surface area contributed by atoms with Crippen LogP contribution in [0.3, 0.4) is 0 Å². The molecule has 3 aromatic carbocycles. The van der Waals surface area contributed by atoms with E-state index in [1.165, 1.54) is 36.3 Å². The summed E-state index contributed by atoms with van der Waals surface area (Å²) in [6, 6.07) is 19.0. The number of carbonyl (C=O) groups is 3. The first kappa shape index (κ1) is 26.8. The van der Waals surface area contributed by atoms with Gasteiger partial charge in [0.15, 0.2) is 11.4 Å². The molecule has 1 aromatic heterocycles. The fourth-order valence-electron chi connectivity index (χ4n) is 4.65. The molecule has 0 bridgehead atoms. The number of aliphatic hydroxyl groups excluding tert-OH is 1. The Morgan fingerprint density at radius 1 is 1.00 bits per heavy atom. The third kappa shape index (κ3) is 5.91. The second kappa shape index (κ2) is 11.6. The number of H-pyrrole nitrogens is 1. The minimum Gasteiger partial charge on any atom is -0.392 e. The number of aromatic nitrogens is 3. The molecule has 0 saturated carbocycles. The molecule has 1 unspecified atom stereocenters. The molecule has 1 saturated heterocycles. The van der Waals surface area contributed by atoms with Crippen LogP contribution in [0.4, 0.5) is 5.69 Å². The molecule has 0 spiro atoms. The standard InChI is InChI=1S/C29H24N4O7S/c34-13-16-4-6-17(7-5-16)24-12-21(14-41-29-30-15-31-33-29)38-28(39-24)19-2-1-3-20(10-19)32-25(35)18-8-9-22-23(11-18)27(37)40-26(22)36/h1-11,15,21,24,28,34H,12-14H2,(H,32,35)(H,30,31,33)/t21-,24+,28?/m0/s1. The van der Waals surface area contributed by atoms with Gasteiger partial charge in [-0.25, -0.2) is 14.6 Å². The van der Waals surface area contributed by atoms with Crippen molar-refractivity contribution < 1.29 is 33.7 Å². The van der Waals surface area contributed by atoms with Crippen molar-refractivity contribution in [1.29, 1.82) is 0 Å². The van der Waals surface area contributed by atoms with Crippen LogP contribution >= 0.6 is 11.8 Å². The van der Waals surface area contributed by atoms with Gasteiger partial charge in [0.25, 0.3) is 5.91 Å². The molecule has 1 amide bonds. The number of nitrogens with zero attached hydrogens (tertiary/aromatic N) is 2. The van der Waals surface area contributed by atoms with Gasteiger partial charge in [0.2, 0.25) is 0 Å². The van der Waals surface area contributed by atoms with Gasteiger partial charge >= 0.3 is 11.9 Å². The molecular formula is C29H24N4O7S. The molecule has 4 aromatic rings. The van der Waals surface area contributed by atoms with E-state index in [0.717, 1.165) is 11.1 Å². The zero-order valence-corrected chi connectivity index (χ0v) is 22.3. The van der Waals surface area contributed by atoms with Crippen molar-refractivity contribution in [2.75, 3.05) is 11.1 Å². The zero-order valence-electron chi connectivity index (χ0n) is 21.5. The summed E-state index contributed by atoms with van der Waals surface area (Å²) in [5.41, 5.74) is 3.39. The molecule has 2 aliphatic rings. The minimum absolute atomic E-state index is 0.0415. The number of nitrogens with one attached hydrogen (secondary N) is 2. The fraction of sp³-hybridized carbons (Fsp3) is 0.207. The molecule has 3 N–H and O–H groups in total. The van der Waals surface area contributed by atoms with Crippen LogP contribution in [0.1, 0.15) is 66.6 Å². The number of anilines is 1. The van der Waals surface area contributed by atoms with Crippen molar-refractivity contribution in [2.24, 2.45) is 0 Å². The molecule has 0 aliphatic carbocycles. The maximum atomic E-state index is 13.0. The van der Waals surface area contributed by atoms with Crippen molar-refractivity contribution >= 4 is 35.3 Å². The predicted octanol–water partition coefficient (Wildman–Crippen LogP) is 4.20. The van der Waals surface area contributed by atoms with Crippen LogP contribution in [0.5, 0.6) is 0 Å². The highest BCUT2D eigenvalue weighted by atomic mass is 32.2. The molecule has 3 atom stereocenters. The number of esters is 2. The Labute approximate surface area is 238 Å². The SMILES string of the molecule is O=C(Nc1cccc(C2O[C@H](CSc3ncn[nH]3)C[C@H](c3ccc(CO)cc3)O2)c1)c1ccc2c(c1)C(=O)OC2=O. The van der Waals surface area contributed by atoms with Crippen molar-refractivity contribution in [3.05, 3.63) is 106 Å². The molecule has 11 nitrogen and oxygen atoms in total. The molecular weight excluding hydrogens is 548 g/mol. The van der Waals surface area contributed by atoms with Crippen LogP contribution in [0.2, 0.25) is 0 Å². The molecule has 1 fully saturated rings. The number of rotatable bonds is 8. The number of fused-ring (bicyclic) bond motifs is 1. The first-order chi connectivity index (χ1) is 20.0. The van der Waals surface area contributed by atoms with E-state index >= 15 is 0 Å². The Morgan fingerprint density at radius 3 is 2.61 bits per heavy atom. The van der Waals surface area contributed by atoms with Gasteiger partial charge in [-0.3, -0.25) is 9.89 Å². The smallest absolute Gasteiger partial charge is 0.346 e. The molecule has 6 rings (SSSR count). The number of cyclic esters (lactones) is 2. The van der Waals surface area contributed by atoms with Gasteiger partial charge in [-0.1, -0.05) is 48.2 Å². The summed E-state index contributed by atoms with van der Waals surface area (Å²) in [7, 11) is 0. The van der Waals surface area contributed by atoms with E-state index in [4.69, 9.17) is 9.47 Å². The van der Waals surface area contributed by atoms with Gasteiger partial charge in [-0.15, -0.1) is 0 Å². The van der Waals surface area contributed by atoms with Crippen molar-refractivity contribution in [3.8, 4) is 0 Å². The maximum Gasteiger partial charge on any atom is 0.346 e. The number of carbonyl (C=O) groups excluding carboxylic acids is 3. The average Bonchev–Trinajstić information content (AvgIpc) is 3.63. The maximum absolute atomic E-state index is 13.0.